The fourth-order valence-electron chi connectivity index (χ4n) is 8.80. The van der Waals surface area contributed by atoms with Crippen LogP contribution in [0.2, 0.25) is 0 Å². The van der Waals surface area contributed by atoms with Gasteiger partial charge in [0.1, 0.15) is 5.69 Å². The summed E-state index contributed by atoms with van der Waals surface area (Å²) < 4.78 is 18.4. The predicted molar refractivity (Wildman–Crippen MR) is 130 cm³/mol. The lowest BCUT2D eigenvalue weighted by Crippen LogP contribution is -2.55. The monoisotopic (exact) mass is 493 g/mol. The zero-order chi connectivity index (χ0) is 25.1. The number of ketones is 2. The molecule has 2 heterocycles. The molecular weight excluding hydrogens is 458 g/mol. The van der Waals surface area contributed by atoms with Crippen LogP contribution >= 0.6 is 0 Å². The van der Waals surface area contributed by atoms with Crippen molar-refractivity contribution in [2.45, 2.75) is 71.2 Å². The van der Waals surface area contributed by atoms with Crippen molar-refractivity contribution < 1.29 is 28.6 Å². The number of rotatable bonds is 6. The molecule has 8 atom stereocenters. The van der Waals surface area contributed by atoms with Gasteiger partial charge >= 0.3 is 5.97 Å². The smallest absolute Gasteiger partial charge is 0.357 e. The summed E-state index contributed by atoms with van der Waals surface area (Å²) in [5, 5.41) is 0. The molecular formula is C29H35NO6. The van der Waals surface area contributed by atoms with Gasteiger partial charge < -0.3 is 14.2 Å². The second-order valence-corrected chi connectivity index (χ2v) is 11.6. The lowest BCUT2D eigenvalue weighted by atomic mass is 9.46. The summed E-state index contributed by atoms with van der Waals surface area (Å²) in [5.41, 5.74) is 1.09. The fraction of sp³-hybridized carbons (Fsp3) is 0.655. The van der Waals surface area contributed by atoms with E-state index in [0.717, 1.165) is 38.5 Å². The van der Waals surface area contributed by atoms with Crippen LogP contribution in [0.1, 0.15) is 69.3 Å². The molecule has 5 aliphatic rings. The van der Waals surface area contributed by atoms with Gasteiger partial charge in [-0.05, 0) is 86.8 Å². The van der Waals surface area contributed by atoms with Crippen LogP contribution in [0.25, 0.3) is 0 Å². The minimum Gasteiger partial charge on any atom is -0.453 e. The van der Waals surface area contributed by atoms with Crippen LogP contribution in [0, 0.1) is 34.5 Å². The number of fused-ring (bicyclic) bond motifs is 6. The molecule has 1 unspecified atom stereocenters. The SMILES string of the molecule is CCOC1O[C@H]2C[C@@]13[C@@H](C(=O)COC(=O)c1ccccn1)CC[C@H]3[C@@H]1CCC3=CC(=O)CC[C@]3(C)[C@H]12. The van der Waals surface area contributed by atoms with E-state index in [4.69, 9.17) is 14.2 Å². The summed E-state index contributed by atoms with van der Waals surface area (Å²) in [6.45, 7) is 4.58. The van der Waals surface area contributed by atoms with Crippen LogP contribution in [0.3, 0.4) is 0 Å². The number of nitrogens with zero attached hydrogens (tertiary/aromatic N) is 1. The molecule has 0 aromatic carbocycles. The molecule has 4 fully saturated rings. The molecule has 192 valence electrons. The summed E-state index contributed by atoms with van der Waals surface area (Å²) in [5.74, 6) is 0.488. The van der Waals surface area contributed by atoms with Crippen molar-refractivity contribution in [3.8, 4) is 0 Å². The largest absolute Gasteiger partial charge is 0.453 e. The third kappa shape index (κ3) is 3.46. The number of pyridine rings is 1. The van der Waals surface area contributed by atoms with Crippen molar-refractivity contribution in [3.63, 3.8) is 0 Å². The summed E-state index contributed by atoms with van der Waals surface area (Å²) in [7, 11) is 0. The first-order valence-electron chi connectivity index (χ1n) is 13.5. The lowest BCUT2D eigenvalue weighted by molar-refractivity contribution is -0.186. The Morgan fingerprint density at radius 3 is 2.83 bits per heavy atom. The molecule has 1 aromatic rings. The van der Waals surface area contributed by atoms with E-state index in [9.17, 15) is 14.4 Å². The van der Waals surface area contributed by atoms with Crippen LogP contribution in [-0.2, 0) is 23.8 Å². The summed E-state index contributed by atoms with van der Waals surface area (Å²) in [6.07, 6.45) is 9.01. The molecule has 1 spiro atoms. The molecule has 1 aliphatic heterocycles. The molecule has 2 bridgehead atoms. The van der Waals surface area contributed by atoms with Crippen LogP contribution in [0.15, 0.2) is 36.0 Å². The Morgan fingerprint density at radius 2 is 2.06 bits per heavy atom. The molecule has 0 N–H and O–H groups in total. The zero-order valence-electron chi connectivity index (χ0n) is 21.1. The zero-order valence-corrected chi connectivity index (χ0v) is 21.1. The van der Waals surface area contributed by atoms with Crippen LogP contribution in [-0.4, -0.2) is 48.1 Å². The third-order valence-electron chi connectivity index (χ3n) is 10.1. The molecule has 7 nitrogen and oxygen atoms in total. The van der Waals surface area contributed by atoms with Gasteiger partial charge in [0, 0.05) is 30.6 Å². The first-order valence-corrected chi connectivity index (χ1v) is 13.5. The first-order chi connectivity index (χ1) is 17.4. The van der Waals surface area contributed by atoms with Gasteiger partial charge in [0.15, 0.2) is 24.5 Å². The Kier molecular flexibility index (Phi) is 5.91. The number of allylic oxidation sites excluding steroid dienone is 1. The van der Waals surface area contributed by atoms with E-state index in [0.29, 0.717) is 30.8 Å². The Balaban J connectivity index is 1.27. The molecule has 7 heteroatoms. The lowest BCUT2D eigenvalue weighted by Gasteiger charge is -2.57. The van der Waals surface area contributed by atoms with Crippen molar-refractivity contribution in [3.05, 3.63) is 41.7 Å². The topological polar surface area (TPSA) is 91.8 Å². The number of ether oxygens (including phenoxy) is 3. The van der Waals surface area contributed by atoms with Gasteiger partial charge in [0.05, 0.1) is 6.10 Å². The van der Waals surface area contributed by atoms with Crippen molar-refractivity contribution in [1.82, 2.24) is 4.98 Å². The highest BCUT2D eigenvalue weighted by atomic mass is 16.7. The Labute approximate surface area is 212 Å². The minimum atomic E-state index is -0.576. The average molecular weight is 494 g/mol. The second kappa shape index (κ2) is 8.88. The molecule has 6 rings (SSSR count). The summed E-state index contributed by atoms with van der Waals surface area (Å²) in [6, 6.07) is 5.04. The summed E-state index contributed by atoms with van der Waals surface area (Å²) in [4.78, 5) is 42.3. The Morgan fingerprint density at radius 1 is 1.19 bits per heavy atom. The number of hydrogen-bond donors (Lipinski definition) is 0. The maximum absolute atomic E-state index is 13.6. The number of hydrogen-bond acceptors (Lipinski definition) is 7. The summed E-state index contributed by atoms with van der Waals surface area (Å²) >= 11 is 0. The highest BCUT2D eigenvalue weighted by molar-refractivity contribution is 5.92. The van der Waals surface area contributed by atoms with Gasteiger partial charge in [-0.25, -0.2) is 9.78 Å². The molecule has 1 saturated heterocycles. The number of carbonyl (C=O) groups is 3. The highest BCUT2D eigenvalue weighted by Gasteiger charge is 2.71. The molecule has 3 saturated carbocycles. The van der Waals surface area contributed by atoms with Gasteiger partial charge in [-0.2, -0.15) is 0 Å². The molecule has 0 amide bonds. The highest BCUT2D eigenvalue weighted by Crippen LogP contribution is 2.71. The maximum atomic E-state index is 13.6. The van der Waals surface area contributed by atoms with E-state index in [2.05, 4.69) is 11.9 Å². The Bertz CT molecular complexity index is 1100. The van der Waals surface area contributed by atoms with Crippen molar-refractivity contribution >= 4 is 17.5 Å². The van der Waals surface area contributed by atoms with Crippen LogP contribution in [0.5, 0.6) is 0 Å². The number of carbonyl (C=O) groups excluding carboxylic acids is 3. The normalized spacial score (nSPS) is 40.6. The van der Waals surface area contributed by atoms with E-state index >= 15 is 0 Å². The van der Waals surface area contributed by atoms with Crippen LogP contribution in [0.4, 0.5) is 0 Å². The number of Topliss-reactive ketones (excluding diaryl/α,β-unsaturated/α-hetero) is 1. The Hall–Kier alpha value is -2.38. The maximum Gasteiger partial charge on any atom is 0.357 e. The van der Waals surface area contributed by atoms with Crippen LogP contribution < -0.4 is 0 Å². The predicted octanol–water partition coefficient (Wildman–Crippen LogP) is 4.31. The second-order valence-electron chi connectivity index (χ2n) is 11.6. The van der Waals surface area contributed by atoms with Gasteiger partial charge in [0.25, 0.3) is 0 Å². The quantitative estimate of drug-likeness (QED) is 0.546. The minimum absolute atomic E-state index is 0.00849. The van der Waals surface area contributed by atoms with Gasteiger partial charge in [-0.1, -0.05) is 18.6 Å². The molecule has 36 heavy (non-hydrogen) atoms. The van der Waals surface area contributed by atoms with Crippen molar-refractivity contribution in [1.29, 1.82) is 0 Å². The third-order valence-corrected chi connectivity index (χ3v) is 10.1. The van der Waals surface area contributed by atoms with E-state index in [1.165, 1.54) is 11.8 Å². The van der Waals surface area contributed by atoms with Gasteiger partial charge in [-0.3, -0.25) is 9.59 Å². The van der Waals surface area contributed by atoms with Crippen molar-refractivity contribution in [2.24, 2.45) is 34.5 Å². The van der Waals surface area contributed by atoms with Crippen molar-refractivity contribution in [2.75, 3.05) is 13.2 Å². The van der Waals surface area contributed by atoms with E-state index < -0.39 is 12.3 Å². The fourth-order valence-corrected chi connectivity index (χ4v) is 8.80. The van der Waals surface area contributed by atoms with E-state index in [1.807, 2.05) is 13.0 Å². The molecule has 4 aliphatic carbocycles. The molecule has 1 aromatic heterocycles. The van der Waals surface area contributed by atoms with E-state index in [-0.39, 0.29) is 46.7 Å². The van der Waals surface area contributed by atoms with Gasteiger partial charge in [-0.15, -0.1) is 0 Å². The number of esters is 1. The average Bonchev–Trinajstić information content (AvgIpc) is 3.42. The standard InChI is InChI=1S/C29H35NO6/c1-3-34-27-29-15-24(36-27)25-19(8-7-17-14-18(31)11-12-28(17,25)2)20(29)9-10-21(29)23(32)16-35-26(33)22-6-4-5-13-30-22/h4-6,13-14,19-21,24-25,27H,3,7-12,15-16H2,1-2H3/t19-,20-,21+,24-,25+,27?,28-,29+/m0/s1. The van der Waals surface area contributed by atoms with Gasteiger partial charge in [0.2, 0.25) is 0 Å². The first kappa shape index (κ1) is 24.0. The van der Waals surface area contributed by atoms with E-state index in [1.54, 1.807) is 18.2 Å². The number of aromatic nitrogens is 1. The molecule has 0 radical (unpaired) electrons.